The molecule has 2 aliphatic rings. The molecule has 160 valence electrons. The van der Waals surface area contributed by atoms with Crippen LogP contribution in [0.5, 0.6) is 5.88 Å². The summed E-state index contributed by atoms with van der Waals surface area (Å²) in [6.45, 7) is 5.08. The molecule has 0 radical (unpaired) electrons. The molecule has 2 aromatic heterocycles. The van der Waals surface area contributed by atoms with E-state index in [0.717, 1.165) is 57.9 Å². The standard InChI is InChI=1S/C22H30N6O2/c1-30-20-15-18(6-9-23-20)21(29)26-19-5-2-4-17(14-19)16-27-10-12-28(13-11-27)22-24-7-3-8-25-22/h3,6-9,15,17,19H,2,4-5,10-14,16H2,1H3,(H,26,29)/t17-,19-/m1/s1. The highest BCUT2D eigenvalue weighted by atomic mass is 16.5. The number of rotatable bonds is 6. The van der Waals surface area contributed by atoms with Gasteiger partial charge in [0.25, 0.3) is 5.91 Å². The molecule has 1 saturated carbocycles. The minimum atomic E-state index is -0.0437. The summed E-state index contributed by atoms with van der Waals surface area (Å²) in [4.78, 5) is 30.2. The molecule has 8 heteroatoms. The van der Waals surface area contributed by atoms with E-state index in [2.05, 4.69) is 30.1 Å². The number of piperazine rings is 1. The Morgan fingerprint density at radius 3 is 2.70 bits per heavy atom. The van der Waals surface area contributed by atoms with E-state index < -0.39 is 0 Å². The minimum Gasteiger partial charge on any atom is -0.481 e. The fourth-order valence-corrected chi connectivity index (χ4v) is 4.47. The Hall–Kier alpha value is -2.74. The zero-order valence-corrected chi connectivity index (χ0v) is 17.5. The topological polar surface area (TPSA) is 83.5 Å². The van der Waals surface area contributed by atoms with E-state index in [0.29, 0.717) is 17.4 Å². The van der Waals surface area contributed by atoms with Crippen LogP contribution in [0.3, 0.4) is 0 Å². The minimum absolute atomic E-state index is 0.0437. The Morgan fingerprint density at radius 2 is 1.93 bits per heavy atom. The zero-order chi connectivity index (χ0) is 20.8. The maximum absolute atomic E-state index is 12.6. The number of methoxy groups -OCH3 is 1. The molecule has 3 heterocycles. The summed E-state index contributed by atoms with van der Waals surface area (Å²) >= 11 is 0. The van der Waals surface area contributed by atoms with Crippen molar-refractivity contribution in [1.82, 2.24) is 25.2 Å². The normalized spacial score (nSPS) is 22.5. The average Bonchev–Trinajstić information content (AvgIpc) is 2.80. The third-order valence-electron chi connectivity index (χ3n) is 6.05. The molecular weight excluding hydrogens is 380 g/mol. The van der Waals surface area contributed by atoms with E-state index in [-0.39, 0.29) is 11.9 Å². The first kappa shape index (κ1) is 20.5. The van der Waals surface area contributed by atoms with Crippen LogP contribution >= 0.6 is 0 Å². The van der Waals surface area contributed by atoms with Crippen LogP contribution in [0.4, 0.5) is 5.95 Å². The lowest BCUT2D eigenvalue weighted by atomic mass is 9.85. The molecule has 1 saturated heterocycles. The fourth-order valence-electron chi connectivity index (χ4n) is 4.47. The quantitative estimate of drug-likeness (QED) is 0.780. The van der Waals surface area contributed by atoms with Gasteiger partial charge in [-0.2, -0.15) is 0 Å². The molecule has 1 N–H and O–H groups in total. The van der Waals surface area contributed by atoms with Crippen LogP contribution in [0.2, 0.25) is 0 Å². The molecule has 30 heavy (non-hydrogen) atoms. The van der Waals surface area contributed by atoms with Gasteiger partial charge in [0.05, 0.1) is 7.11 Å². The van der Waals surface area contributed by atoms with Crippen molar-refractivity contribution in [2.75, 3.05) is 44.7 Å². The summed E-state index contributed by atoms with van der Waals surface area (Å²) in [6.07, 6.45) is 9.68. The fraction of sp³-hybridized carbons (Fsp3) is 0.545. The van der Waals surface area contributed by atoms with Gasteiger partial charge >= 0.3 is 0 Å². The number of ether oxygens (including phenoxy) is 1. The SMILES string of the molecule is COc1cc(C(=O)N[C@@H]2CCC[C@@H](CN3CCN(c4ncccn4)CC3)C2)ccn1. The number of pyridine rings is 1. The van der Waals surface area contributed by atoms with E-state index in [9.17, 15) is 4.79 Å². The van der Waals surface area contributed by atoms with E-state index in [4.69, 9.17) is 4.74 Å². The number of amides is 1. The lowest BCUT2D eigenvalue weighted by Crippen LogP contribution is -2.49. The Balaban J connectivity index is 1.25. The number of anilines is 1. The molecule has 2 aromatic rings. The van der Waals surface area contributed by atoms with Gasteiger partial charge in [0.2, 0.25) is 11.8 Å². The summed E-state index contributed by atoms with van der Waals surface area (Å²) in [5.74, 6) is 1.86. The van der Waals surface area contributed by atoms with Crippen molar-refractivity contribution in [3.05, 3.63) is 42.4 Å². The molecule has 2 atom stereocenters. The van der Waals surface area contributed by atoms with Crippen molar-refractivity contribution < 1.29 is 9.53 Å². The first-order chi connectivity index (χ1) is 14.7. The Morgan fingerprint density at radius 1 is 1.13 bits per heavy atom. The largest absolute Gasteiger partial charge is 0.481 e. The van der Waals surface area contributed by atoms with Crippen LogP contribution in [-0.2, 0) is 0 Å². The van der Waals surface area contributed by atoms with Crippen LogP contribution in [-0.4, -0.2) is 71.6 Å². The van der Waals surface area contributed by atoms with Gasteiger partial charge < -0.3 is 15.0 Å². The molecule has 1 amide bonds. The van der Waals surface area contributed by atoms with Gasteiger partial charge in [-0.05, 0) is 37.3 Å². The van der Waals surface area contributed by atoms with Crippen molar-refractivity contribution in [3.8, 4) is 5.88 Å². The molecule has 0 bridgehead atoms. The number of hydrogen-bond acceptors (Lipinski definition) is 7. The molecule has 2 fully saturated rings. The summed E-state index contributed by atoms with van der Waals surface area (Å²) in [5.41, 5.74) is 0.600. The summed E-state index contributed by atoms with van der Waals surface area (Å²) in [5, 5.41) is 3.22. The van der Waals surface area contributed by atoms with Crippen molar-refractivity contribution in [1.29, 1.82) is 0 Å². The number of aromatic nitrogens is 3. The molecular formula is C22H30N6O2. The van der Waals surface area contributed by atoms with Gasteiger partial charge in [-0.25, -0.2) is 15.0 Å². The Bertz CT molecular complexity index is 825. The molecule has 0 unspecified atom stereocenters. The molecule has 4 rings (SSSR count). The second-order valence-corrected chi connectivity index (χ2v) is 8.13. The van der Waals surface area contributed by atoms with Crippen LogP contribution in [0.15, 0.2) is 36.8 Å². The number of carbonyl (C=O) groups is 1. The number of nitrogens with zero attached hydrogens (tertiary/aromatic N) is 5. The highest BCUT2D eigenvalue weighted by molar-refractivity contribution is 5.94. The van der Waals surface area contributed by atoms with E-state index >= 15 is 0 Å². The average molecular weight is 411 g/mol. The Labute approximate surface area is 177 Å². The van der Waals surface area contributed by atoms with Gasteiger partial charge in [0.1, 0.15) is 0 Å². The lowest BCUT2D eigenvalue weighted by molar-refractivity contribution is 0.0910. The van der Waals surface area contributed by atoms with Gasteiger partial charge in [-0.3, -0.25) is 9.69 Å². The third kappa shape index (κ3) is 5.24. The van der Waals surface area contributed by atoms with E-state index in [1.54, 1.807) is 37.8 Å². The molecule has 8 nitrogen and oxygen atoms in total. The lowest BCUT2D eigenvalue weighted by Gasteiger charge is -2.38. The highest BCUT2D eigenvalue weighted by Gasteiger charge is 2.27. The predicted octanol–water partition coefficient (Wildman–Crippen LogP) is 1.99. The highest BCUT2D eigenvalue weighted by Crippen LogP contribution is 2.26. The summed E-state index contributed by atoms with van der Waals surface area (Å²) in [7, 11) is 1.56. The maximum Gasteiger partial charge on any atom is 0.251 e. The summed E-state index contributed by atoms with van der Waals surface area (Å²) in [6, 6.07) is 5.50. The molecule has 1 aliphatic heterocycles. The first-order valence-electron chi connectivity index (χ1n) is 10.8. The van der Waals surface area contributed by atoms with Crippen LogP contribution < -0.4 is 15.0 Å². The van der Waals surface area contributed by atoms with Crippen LogP contribution in [0.1, 0.15) is 36.0 Å². The molecule has 0 spiro atoms. The van der Waals surface area contributed by atoms with E-state index in [1.165, 1.54) is 6.42 Å². The second-order valence-electron chi connectivity index (χ2n) is 8.13. The number of hydrogen-bond donors (Lipinski definition) is 1. The zero-order valence-electron chi connectivity index (χ0n) is 17.5. The van der Waals surface area contributed by atoms with Gasteiger partial charge in [-0.15, -0.1) is 0 Å². The van der Waals surface area contributed by atoms with E-state index in [1.807, 2.05) is 6.07 Å². The van der Waals surface area contributed by atoms with Crippen molar-refractivity contribution >= 4 is 11.9 Å². The van der Waals surface area contributed by atoms with Gasteiger partial charge in [0, 0.05) is 69.0 Å². The van der Waals surface area contributed by atoms with Crippen LogP contribution in [0.25, 0.3) is 0 Å². The summed E-state index contributed by atoms with van der Waals surface area (Å²) < 4.78 is 5.12. The van der Waals surface area contributed by atoms with Crippen LogP contribution in [0, 0.1) is 5.92 Å². The molecule has 1 aliphatic carbocycles. The van der Waals surface area contributed by atoms with Gasteiger partial charge in [0.15, 0.2) is 0 Å². The van der Waals surface area contributed by atoms with Crippen molar-refractivity contribution in [3.63, 3.8) is 0 Å². The maximum atomic E-state index is 12.6. The third-order valence-corrected chi connectivity index (χ3v) is 6.05. The van der Waals surface area contributed by atoms with Crippen molar-refractivity contribution in [2.24, 2.45) is 5.92 Å². The number of nitrogens with one attached hydrogen (secondary N) is 1. The van der Waals surface area contributed by atoms with Gasteiger partial charge in [-0.1, -0.05) is 6.42 Å². The number of carbonyl (C=O) groups excluding carboxylic acids is 1. The predicted molar refractivity (Wildman–Crippen MR) is 115 cm³/mol. The monoisotopic (exact) mass is 410 g/mol. The molecule has 0 aromatic carbocycles. The van der Waals surface area contributed by atoms with Crippen molar-refractivity contribution in [2.45, 2.75) is 31.7 Å². The smallest absolute Gasteiger partial charge is 0.251 e. The first-order valence-corrected chi connectivity index (χ1v) is 10.8. The Kier molecular flexibility index (Phi) is 6.74. The second kappa shape index (κ2) is 9.84.